The minimum Gasteiger partial charge on any atom is -0.489 e. The molecule has 0 radical (unpaired) electrons. The summed E-state index contributed by atoms with van der Waals surface area (Å²) in [4.78, 5) is 12.7. The van der Waals surface area contributed by atoms with E-state index >= 15 is 0 Å². The summed E-state index contributed by atoms with van der Waals surface area (Å²) in [6, 6.07) is 11.1. The summed E-state index contributed by atoms with van der Waals surface area (Å²) in [5.41, 5.74) is 7.32. The summed E-state index contributed by atoms with van der Waals surface area (Å²) >= 11 is 5.75. The van der Waals surface area contributed by atoms with Crippen molar-refractivity contribution < 1.29 is 18.7 Å². The van der Waals surface area contributed by atoms with Crippen LogP contribution in [0, 0.1) is 12.7 Å². The first-order valence-electron chi connectivity index (χ1n) is 8.75. The first kappa shape index (κ1) is 20.6. The maximum atomic E-state index is 14.0. The number of nitrogens with one attached hydrogen (secondary N) is 1. The quantitative estimate of drug-likeness (QED) is 0.569. The second kappa shape index (κ2) is 8.93. The number of nitrogens with two attached hydrogens (primary N) is 1. The summed E-state index contributed by atoms with van der Waals surface area (Å²) in [7, 11) is 1.58. The third-order valence-corrected chi connectivity index (χ3v) is 4.38. The number of carbonyl (C=O) groups is 1. The van der Waals surface area contributed by atoms with Gasteiger partial charge in [-0.25, -0.2) is 9.07 Å². The van der Waals surface area contributed by atoms with Crippen molar-refractivity contribution in [2.24, 2.45) is 0 Å². The first-order valence-corrected chi connectivity index (χ1v) is 9.12. The van der Waals surface area contributed by atoms with E-state index in [1.165, 1.54) is 16.8 Å². The van der Waals surface area contributed by atoms with Crippen molar-refractivity contribution in [3.05, 3.63) is 64.6 Å². The molecule has 3 aromatic rings. The molecule has 0 atom stereocenters. The zero-order valence-electron chi connectivity index (χ0n) is 15.9. The van der Waals surface area contributed by atoms with Crippen LogP contribution in [0.15, 0.2) is 42.5 Å². The molecule has 0 bridgehead atoms. The summed E-state index contributed by atoms with van der Waals surface area (Å²) in [6.45, 7) is 2.41. The van der Waals surface area contributed by atoms with E-state index in [1.807, 2.05) is 6.07 Å². The lowest BCUT2D eigenvalue weighted by atomic mass is 10.2. The van der Waals surface area contributed by atoms with Gasteiger partial charge in [-0.15, -0.1) is 0 Å². The number of rotatable bonds is 7. The number of ether oxygens (including phenoxy) is 2. The molecule has 1 heterocycles. The number of anilines is 2. The molecule has 0 unspecified atom stereocenters. The van der Waals surface area contributed by atoms with Gasteiger partial charge in [0.2, 0.25) is 0 Å². The van der Waals surface area contributed by atoms with Crippen LogP contribution >= 0.6 is 11.6 Å². The number of hydrogen-bond acceptors (Lipinski definition) is 5. The highest BCUT2D eigenvalue weighted by Gasteiger charge is 2.22. The molecular weight excluding hydrogens is 399 g/mol. The number of aromatic nitrogens is 2. The van der Waals surface area contributed by atoms with Gasteiger partial charge in [-0.2, -0.15) is 5.10 Å². The minimum atomic E-state index is -0.647. The Balaban J connectivity index is 1.92. The van der Waals surface area contributed by atoms with Crippen molar-refractivity contribution in [2.75, 3.05) is 31.4 Å². The lowest BCUT2D eigenvalue weighted by Crippen LogP contribution is -2.16. The van der Waals surface area contributed by atoms with Crippen LogP contribution in [-0.2, 0) is 4.74 Å². The van der Waals surface area contributed by atoms with E-state index in [0.29, 0.717) is 30.3 Å². The summed E-state index contributed by atoms with van der Waals surface area (Å²) in [5, 5.41) is 7.11. The van der Waals surface area contributed by atoms with Crippen molar-refractivity contribution in [3.8, 4) is 11.4 Å². The zero-order valence-corrected chi connectivity index (χ0v) is 16.7. The van der Waals surface area contributed by atoms with Gasteiger partial charge in [0, 0.05) is 12.1 Å². The maximum absolute atomic E-state index is 14.0. The molecule has 9 heteroatoms. The van der Waals surface area contributed by atoms with Crippen molar-refractivity contribution in [1.82, 2.24) is 9.78 Å². The van der Waals surface area contributed by atoms with Gasteiger partial charge in [0.15, 0.2) is 0 Å². The van der Waals surface area contributed by atoms with Crippen molar-refractivity contribution in [1.29, 1.82) is 0 Å². The summed E-state index contributed by atoms with van der Waals surface area (Å²) in [6.07, 6.45) is 0. The van der Waals surface area contributed by atoms with Gasteiger partial charge in [-0.3, -0.25) is 4.79 Å². The van der Waals surface area contributed by atoms with E-state index in [9.17, 15) is 9.18 Å². The van der Waals surface area contributed by atoms with E-state index in [4.69, 9.17) is 26.8 Å². The fourth-order valence-electron chi connectivity index (χ4n) is 2.77. The third kappa shape index (κ3) is 4.49. The predicted octanol–water partition coefficient (Wildman–Crippen LogP) is 3.83. The molecule has 0 aliphatic rings. The average molecular weight is 419 g/mol. The van der Waals surface area contributed by atoms with E-state index in [1.54, 1.807) is 32.2 Å². The Kier molecular flexibility index (Phi) is 6.36. The lowest BCUT2D eigenvalue weighted by Gasteiger charge is -2.12. The van der Waals surface area contributed by atoms with Crippen LogP contribution in [-0.4, -0.2) is 36.0 Å². The fourth-order valence-corrected chi connectivity index (χ4v) is 2.93. The molecule has 0 fully saturated rings. The van der Waals surface area contributed by atoms with Gasteiger partial charge in [-0.1, -0.05) is 23.7 Å². The molecular formula is C20H20ClFN4O3. The third-order valence-electron chi connectivity index (χ3n) is 4.14. The van der Waals surface area contributed by atoms with Crippen LogP contribution in [0.25, 0.3) is 5.69 Å². The molecule has 1 aromatic heterocycles. The number of hydrogen-bond donors (Lipinski definition) is 2. The Morgan fingerprint density at radius 2 is 2.03 bits per heavy atom. The van der Waals surface area contributed by atoms with Crippen LogP contribution in [0.4, 0.5) is 15.9 Å². The Bertz CT molecular complexity index is 1040. The standard InChI is InChI=1S/C20H20ClFN4O3/c1-12-18(20(27)24-15-8-7-13(21)11-14(15)22)19(23)26(25-12)16-5-3-4-6-17(16)29-10-9-28-2/h3-8,11H,9-10,23H2,1-2H3,(H,24,27). The Morgan fingerprint density at radius 1 is 1.28 bits per heavy atom. The smallest absolute Gasteiger partial charge is 0.261 e. The molecule has 0 spiro atoms. The second-order valence-electron chi connectivity index (χ2n) is 6.14. The second-order valence-corrected chi connectivity index (χ2v) is 6.58. The van der Waals surface area contributed by atoms with Gasteiger partial charge in [0.05, 0.1) is 18.0 Å². The molecule has 0 saturated carbocycles. The predicted molar refractivity (Wildman–Crippen MR) is 109 cm³/mol. The molecule has 3 N–H and O–H groups in total. The molecule has 152 valence electrons. The monoisotopic (exact) mass is 418 g/mol. The number of benzene rings is 2. The molecule has 3 rings (SSSR count). The number of halogens is 2. The van der Waals surface area contributed by atoms with E-state index < -0.39 is 11.7 Å². The largest absolute Gasteiger partial charge is 0.489 e. The van der Waals surface area contributed by atoms with Crippen molar-refractivity contribution >= 4 is 29.0 Å². The van der Waals surface area contributed by atoms with Gasteiger partial charge in [0.1, 0.15) is 35.2 Å². The zero-order chi connectivity index (χ0) is 21.0. The van der Waals surface area contributed by atoms with E-state index in [2.05, 4.69) is 10.4 Å². The number of aryl methyl sites for hydroxylation is 1. The van der Waals surface area contributed by atoms with Gasteiger partial charge < -0.3 is 20.5 Å². The Labute approximate surface area is 172 Å². The highest BCUT2D eigenvalue weighted by Crippen LogP contribution is 2.28. The van der Waals surface area contributed by atoms with Crippen LogP contribution in [0.1, 0.15) is 16.1 Å². The number of nitrogens with zero attached hydrogens (tertiary/aromatic N) is 2. The number of methoxy groups -OCH3 is 1. The molecule has 0 aliphatic carbocycles. The lowest BCUT2D eigenvalue weighted by molar-refractivity contribution is 0.102. The molecule has 29 heavy (non-hydrogen) atoms. The number of amides is 1. The van der Waals surface area contributed by atoms with Gasteiger partial charge in [-0.05, 0) is 37.3 Å². The first-order chi connectivity index (χ1) is 13.9. The highest BCUT2D eigenvalue weighted by atomic mass is 35.5. The topological polar surface area (TPSA) is 91.4 Å². The van der Waals surface area contributed by atoms with E-state index in [-0.39, 0.29) is 22.1 Å². The number of para-hydroxylation sites is 2. The van der Waals surface area contributed by atoms with Crippen molar-refractivity contribution in [3.63, 3.8) is 0 Å². The molecule has 0 saturated heterocycles. The van der Waals surface area contributed by atoms with E-state index in [0.717, 1.165) is 6.07 Å². The van der Waals surface area contributed by atoms with Gasteiger partial charge in [0.25, 0.3) is 5.91 Å². The highest BCUT2D eigenvalue weighted by molar-refractivity contribution is 6.30. The molecule has 7 nitrogen and oxygen atoms in total. The Hall–Kier alpha value is -3.10. The van der Waals surface area contributed by atoms with Crippen LogP contribution in [0.5, 0.6) is 5.75 Å². The number of nitrogen functional groups attached to an aromatic ring is 1. The van der Waals surface area contributed by atoms with Gasteiger partial charge >= 0.3 is 0 Å². The SMILES string of the molecule is COCCOc1ccccc1-n1nc(C)c(C(=O)Nc2ccc(Cl)cc2F)c1N. The molecule has 2 aromatic carbocycles. The van der Waals surface area contributed by atoms with Crippen molar-refractivity contribution in [2.45, 2.75) is 6.92 Å². The minimum absolute atomic E-state index is 0.00532. The average Bonchev–Trinajstić information content (AvgIpc) is 2.98. The fraction of sp³-hybridized carbons (Fsp3) is 0.200. The summed E-state index contributed by atoms with van der Waals surface area (Å²) < 4.78 is 26.2. The molecule has 1 amide bonds. The normalized spacial score (nSPS) is 10.8. The summed E-state index contributed by atoms with van der Waals surface area (Å²) in [5.74, 6) is -0.580. The van der Waals surface area contributed by atoms with Crippen LogP contribution in [0.3, 0.4) is 0 Å². The van der Waals surface area contributed by atoms with Crippen LogP contribution < -0.4 is 15.8 Å². The Morgan fingerprint density at radius 3 is 2.76 bits per heavy atom. The van der Waals surface area contributed by atoms with Crippen LogP contribution in [0.2, 0.25) is 5.02 Å². The maximum Gasteiger partial charge on any atom is 0.261 e. The number of carbonyl (C=O) groups excluding carboxylic acids is 1. The molecule has 0 aliphatic heterocycles.